The van der Waals surface area contributed by atoms with Gasteiger partial charge in [0.25, 0.3) is 0 Å². The van der Waals surface area contributed by atoms with Gasteiger partial charge in [0.15, 0.2) is 5.75 Å². The molecule has 0 aliphatic heterocycles. The van der Waals surface area contributed by atoms with Gasteiger partial charge in [-0.2, -0.15) is 0 Å². The standard InChI is InChI=1S/C13H12BrN3O3/c14-11-3-10(6-16-7-11)8-20-13-2-1-9(5-15)4-12(13)17(18)19/h1-4,6-7H,5,8,15H2. The Morgan fingerprint density at radius 3 is 2.75 bits per heavy atom. The molecule has 20 heavy (non-hydrogen) atoms. The van der Waals surface area contributed by atoms with Crippen molar-refractivity contribution in [1.29, 1.82) is 0 Å². The summed E-state index contributed by atoms with van der Waals surface area (Å²) in [7, 11) is 0. The van der Waals surface area contributed by atoms with Crippen LogP contribution in [0.25, 0.3) is 0 Å². The van der Waals surface area contributed by atoms with E-state index in [1.54, 1.807) is 24.5 Å². The number of nitro groups is 1. The molecule has 6 nitrogen and oxygen atoms in total. The van der Waals surface area contributed by atoms with Crippen molar-refractivity contribution in [2.75, 3.05) is 0 Å². The minimum atomic E-state index is -0.479. The van der Waals surface area contributed by atoms with Gasteiger partial charge < -0.3 is 10.5 Å². The molecule has 0 atom stereocenters. The molecule has 0 fully saturated rings. The van der Waals surface area contributed by atoms with Gasteiger partial charge in [-0.1, -0.05) is 6.07 Å². The summed E-state index contributed by atoms with van der Waals surface area (Å²) in [5.74, 6) is 0.215. The fourth-order valence-electron chi connectivity index (χ4n) is 1.65. The summed E-state index contributed by atoms with van der Waals surface area (Å²) >= 11 is 3.30. The zero-order valence-electron chi connectivity index (χ0n) is 10.5. The second-order valence-corrected chi connectivity index (χ2v) is 4.98. The maximum absolute atomic E-state index is 11.0. The predicted molar refractivity (Wildman–Crippen MR) is 77.3 cm³/mol. The van der Waals surface area contributed by atoms with Gasteiger partial charge in [0, 0.05) is 35.0 Å². The summed E-state index contributed by atoms with van der Waals surface area (Å²) in [5, 5.41) is 11.0. The molecule has 0 spiro atoms. The zero-order valence-corrected chi connectivity index (χ0v) is 12.0. The van der Waals surface area contributed by atoms with Gasteiger partial charge in [-0.3, -0.25) is 15.1 Å². The highest BCUT2D eigenvalue weighted by molar-refractivity contribution is 9.10. The number of ether oxygens (including phenoxy) is 1. The van der Waals surface area contributed by atoms with Crippen LogP contribution in [0.3, 0.4) is 0 Å². The lowest BCUT2D eigenvalue weighted by Gasteiger charge is -2.08. The van der Waals surface area contributed by atoms with E-state index in [2.05, 4.69) is 20.9 Å². The van der Waals surface area contributed by atoms with Crippen LogP contribution >= 0.6 is 15.9 Å². The first-order chi connectivity index (χ1) is 9.60. The minimum absolute atomic E-state index is 0.0871. The molecule has 0 bridgehead atoms. The third kappa shape index (κ3) is 3.52. The van der Waals surface area contributed by atoms with E-state index in [9.17, 15) is 10.1 Å². The highest BCUT2D eigenvalue weighted by Crippen LogP contribution is 2.28. The van der Waals surface area contributed by atoms with E-state index < -0.39 is 4.92 Å². The molecule has 0 radical (unpaired) electrons. The van der Waals surface area contributed by atoms with E-state index in [0.717, 1.165) is 10.0 Å². The summed E-state index contributed by atoms with van der Waals surface area (Å²) in [6.45, 7) is 0.450. The van der Waals surface area contributed by atoms with Crippen molar-refractivity contribution < 1.29 is 9.66 Å². The Labute approximate surface area is 123 Å². The molecule has 0 unspecified atom stereocenters. The van der Waals surface area contributed by atoms with Crippen LogP contribution in [0.2, 0.25) is 0 Å². The lowest BCUT2D eigenvalue weighted by atomic mass is 10.2. The zero-order chi connectivity index (χ0) is 14.5. The average molecular weight is 338 g/mol. The molecule has 0 aliphatic carbocycles. The summed E-state index contributed by atoms with van der Waals surface area (Å²) in [4.78, 5) is 14.5. The number of aromatic nitrogens is 1. The number of rotatable bonds is 5. The van der Waals surface area contributed by atoms with Crippen LogP contribution in [-0.4, -0.2) is 9.91 Å². The molecule has 2 rings (SSSR count). The van der Waals surface area contributed by atoms with Crippen molar-refractivity contribution >= 4 is 21.6 Å². The van der Waals surface area contributed by atoms with Crippen LogP contribution in [-0.2, 0) is 13.2 Å². The molecule has 1 aromatic carbocycles. The number of pyridine rings is 1. The van der Waals surface area contributed by atoms with Gasteiger partial charge in [-0.25, -0.2) is 0 Å². The number of halogens is 1. The largest absolute Gasteiger partial charge is 0.482 e. The van der Waals surface area contributed by atoms with Gasteiger partial charge in [0.05, 0.1) is 4.92 Å². The Balaban J connectivity index is 2.18. The summed E-state index contributed by atoms with van der Waals surface area (Å²) in [6, 6.07) is 6.54. The van der Waals surface area contributed by atoms with Crippen LogP contribution in [0.4, 0.5) is 5.69 Å². The first kappa shape index (κ1) is 14.4. The second kappa shape index (κ2) is 6.44. The van der Waals surface area contributed by atoms with E-state index in [4.69, 9.17) is 10.5 Å². The van der Waals surface area contributed by atoms with Gasteiger partial charge in [0.1, 0.15) is 6.61 Å². The molecule has 0 amide bonds. The Hall–Kier alpha value is -1.99. The normalized spacial score (nSPS) is 10.3. The topological polar surface area (TPSA) is 91.3 Å². The summed E-state index contributed by atoms with van der Waals surface area (Å²) in [6.07, 6.45) is 3.30. The fourth-order valence-corrected chi connectivity index (χ4v) is 2.06. The quantitative estimate of drug-likeness (QED) is 0.669. The Morgan fingerprint density at radius 1 is 1.30 bits per heavy atom. The Bertz CT molecular complexity index is 634. The van der Waals surface area contributed by atoms with Crippen LogP contribution in [0.1, 0.15) is 11.1 Å². The minimum Gasteiger partial charge on any atom is -0.482 e. The van der Waals surface area contributed by atoms with Crippen molar-refractivity contribution in [2.24, 2.45) is 5.73 Å². The van der Waals surface area contributed by atoms with Crippen LogP contribution in [0.5, 0.6) is 5.75 Å². The lowest BCUT2D eigenvalue weighted by molar-refractivity contribution is -0.386. The maximum atomic E-state index is 11.0. The van der Waals surface area contributed by atoms with E-state index in [1.165, 1.54) is 6.07 Å². The molecular weight excluding hydrogens is 326 g/mol. The molecule has 7 heteroatoms. The third-order valence-electron chi connectivity index (χ3n) is 2.61. The SMILES string of the molecule is NCc1ccc(OCc2cncc(Br)c2)c([N+](=O)[O-])c1. The van der Waals surface area contributed by atoms with Gasteiger partial charge >= 0.3 is 5.69 Å². The number of hydrogen-bond acceptors (Lipinski definition) is 5. The molecule has 1 heterocycles. The molecule has 2 N–H and O–H groups in total. The van der Waals surface area contributed by atoms with Crippen LogP contribution in [0.15, 0.2) is 41.1 Å². The van der Waals surface area contributed by atoms with Gasteiger partial charge in [0.2, 0.25) is 0 Å². The van der Waals surface area contributed by atoms with Gasteiger partial charge in [-0.05, 0) is 33.6 Å². The van der Waals surface area contributed by atoms with Crippen LogP contribution in [0, 0.1) is 10.1 Å². The van der Waals surface area contributed by atoms with E-state index in [-0.39, 0.29) is 24.6 Å². The lowest BCUT2D eigenvalue weighted by Crippen LogP contribution is -2.02. The van der Waals surface area contributed by atoms with Crippen molar-refractivity contribution in [1.82, 2.24) is 4.98 Å². The van der Waals surface area contributed by atoms with E-state index in [1.807, 2.05) is 6.07 Å². The average Bonchev–Trinajstić information content (AvgIpc) is 2.45. The monoisotopic (exact) mass is 337 g/mol. The second-order valence-electron chi connectivity index (χ2n) is 4.06. The molecule has 0 saturated heterocycles. The summed E-state index contributed by atoms with van der Waals surface area (Å²) < 4.78 is 6.32. The van der Waals surface area contributed by atoms with Gasteiger partial charge in [-0.15, -0.1) is 0 Å². The maximum Gasteiger partial charge on any atom is 0.311 e. The smallest absolute Gasteiger partial charge is 0.311 e. The van der Waals surface area contributed by atoms with Crippen molar-refractivity contribution in [3.8, 4) is 5.75 Å². The number of nitrogens with zero attached hydrogens (tertiary/aromatic N) is 2. The highest BCUT2D eigenvalue weighted by atomic mass is 79.9. The fraction of sp³-hybridized carbons (Fsp3) is 0.154. The molecule has 0 saturated carbocycles. The van der Waals surface area contributed by atoms with Crippen LogP contribution < -0.4 is 10.5 Å². The predicted octanol–water partition coefficient (Wildman–Crippen LogP) is 2.79. The Morgan fingerprint density at radius 2 is 2.10 bits per heavy atom. The number of hydrogen-bond donors (Lipinski definition) is 1. The number of nitro benzene ring substituents is 1. The molecule has 2 aromatic rings. The summed E-state index contributed by atoms with van der Waals surface area (Å²) in [5.41, 5.74) is 6.89. The number of benzene rings is 1. The van der Waals surface area contributed by atoms with Crippen molar-refractivity contribution in [2.45, 2.75) is 13.2 Å². The Kier molecular flexibility index (Phi) is 4.65. The number of nitrogens with two attached hydrogens (primary N) is 1. The first-order valence-electron chi connectivity index (χ1n) is 5.80. The molecule has 104 valence electrons. The first-order valence-corrected chi connectivity index (χ1v) is 6.59. The molecule has 1 aromatic heterocycles. The highest BCUT2D eigenvalue weighted by Gasteiger charge is 2.15. The molecular formula is C13H12BrN3O3. The van der Waals surface area contributed by atoms with E-state index >= 15 is 0 Å². The third-order valence-corrected chi connectivity index (χ3v) is 3.05. The van der Waals surface area contributed by atoms with Crippen molar-refractivity contribution in [3.05, 3.63) is 62.4 Å². The van der Waals surface area contributed by atoms with E-state index in [0.29, 0.717) is 5.56 Å². The van der Waals surface area contributed by atoms with Crippen molar-refractivity contribution in [3.63, 3.8) is 0 Å². The molecule has 0 aliphatic rings.